The van der Waals surface area contributed by atoms with Crippen molar-refractivity contribution in [1.29, 1.82) is 0 Å². The van der Waals surface area contributed by atoms with Crippen molar-refractivity contribution >= 4 is 0 Å². The molecule has 1 rings (SSSR count). The summed E-state index contributed by atoms with van der Waals surface area (Å²) in [5.41, 5.74) is 2.74. The van der Waals surface area contributed by atoms with Crippen LogP contribution in [-0.4, -0.2) is 18.3 Å². The summed E-state index contributed by atoms with van der Waals surface area (Å²) < 4.78 is 0. The van der Waals surface area contributed by atoms with E-state index in [9.17, 15) is 0 Å². The summed E-state index contributed by atoms with van der Waals surface area (Å²) in [6, 6.07) is 9.48. The Balaban J connectivity index is 2.16. The van der Waals surface area contributed by atoms with Gasteiger partial charge in [-0.3, -0.25) is 0 Å². The third kappa shape index (κ3) is 3.37. The summed E-state index contributed by atoms with van der Waals surface area (Å²) in [6.07, 6.45) is 0.701. The summed E-state index contributed by atoms with van der Waals surface area (Å²) in [4.78, 5) is 5.15. The second-order valence-corrected chi connectivity index (χ2v) is 2.39. The molecule has 3 nitrogen and oxygen atoms in total. The molecule has 0 fully saturated rings. The molecule has 0 aromatic heterocycles. The fraction of sp³-hybridized carbons (Fsp3) is 0.333. The molecule has 0 saturated heterocycles. The lowest BCUT2D eigenvalue weighted by molar-refractivity contribution is 0.180. The lowest BCUT2D eigenvalue weighted by Gasteiger charge is -2.04. The maximum absolute atomic E-state index is 8.47. The standard InChI is InChI=1S/C9H13NO2/c11-8-4-7-10-12-9-5-2-1-3-6-9/h1-3,5-6,10-11H,4,7-8H2. The molecule has 0 spiro atoms. The quantitative estimate of drug-likeness (QED) is 0.507. The topological polar surface area (TPSA) is 41.5 Å². The fourth-order valence-corrected chi connectivity index (χ4v) is 0.774. The second-order valence-electron chi connectivity index (χ2n) is 2.39. The Morgan fingerprint density at radius 2 is 2.00 bits per heavy atom. The Labute approximate surface area is 71.9 Å². The highest BCUT2D eigenvalue weighted by molar-refractivity contribution is 5.20. The lowest BCUT2D eigenvalue weighted by atomic mass is 10.3. The van der Waals surface area contributed by atoms with Gasteiger partial charge in [-0.2, -0.15) is 5.48 Å². The van der Waals surface area contributed by atoms with Gasteiger partial charge in [-0.15, -0.1) is 0 Å². The highest BCUT2D eigenvalue weighted by atomic mass is 16.6. The van der Waals surface area contributed by atoms with Gasteiger partial charge >= 0.3 is 0 Å². The summed E-state index contributed by atoms with van der Waals surface area (Å²) >= 11 is 0. The fourth-order valence-electron chi connectivity index (χ4n) is 0.774. The van der Waals surface area contributed by atoms with Crippen molar-refractivity contribution in [3.05, 3.63) is 30.3 Å². The predicted molar refractivity (Wildman–Crippen MR) is 46.8 cm³/mol. The van der Waals surface area contributed by atoms with Gasteiger partial charge in [0.05, 0.1) is 0 Å². The normalized spacial score (nSPS) is 9.75. The molecule has 12 heavy (non-hydrogen) atoms. The molecular formula is C9H13NO2. The number of hydrogen-bond donors (Lipinski definition) is 2. The van der Waals surface area contributed by atoms with Gasteiger partial charge in [0.25, 0.3) is 0 Å². The van der Waals surface area contributed by atoms with Crippen molar-refractivity contribution in [3.63, 3.8) is 0 Å². The number of hydrogen-bond acceptors (Lipinski definition) is 3. The predicted octanol–water partition coefficient (Wildman–Crippen LogP) is 0.952. The van der Waals surface area contributed by atoms with E-state index >= 15 is 0 Å². The van der Waals surface area contributed by atoms with E-state index in [4.69, 9.17) is 9.94 Å². The molecule has 0 aliphatic heterocycles. The maximum Gasteiger partial charge on any atom is 0.147 e. The number of aliphatic hydroxyl groups is 1. The van der Waals surface area contributed by atoms with Crippen molar-refractivity contribution in [3.8, 4) is 5.75 Å². The SMILES string of the molecule is OCCCNOc1ccccc1. The minimum Gasteiger partial charge on any atom is -0.409 e. The number of benzene rings is 1. The minimum atomic E-state index is 0.186. The highest BCUT2D eigenvalue weighted by Crippen LogP contribution is 2.05. The molecule has 1 aromatic rings. The largest absolute Gasteiger partial charge is 0.409 e. The van der Waals surface area contributed by atoms with E-state index in [0.29, 0.717) is 13.0 Å². The van der Waals surface area contributed by atoms with E-state index in [1.165, 1.54) is 0 Å². The molecule has 0 bridgehead atoms. The summed E-state index contributed by atoms with van der Waals surface area (Å²) in [6.45, 7) is 0.844. The lowest BCUT2D eigenvalue weighted by Crippen LogP contribution is -2.20. The Kier molecular flexibility index (Phi) is 4.19. The molecule has 3 heteroatoms. The Morgan fingerprint density at radius 1 is 1.25 bits per heavy atom. The zero-order valence-corrected chi connectivity index (χ0v) is 6.86. The summed E-state index contributed by atoms with van der Waals surface area (Å²) in [5.74, 6) is 0.787. The van der Waals surface area contributed by atoms with Crippen LogP contribution in [0.15, 0.2) is 30.3 Å². The molecule has 0 aliphatic carbocycles. The first-order chi connectivity index (χ1) is 5.93. The van der Waals surface area contributed by atoms with Crippen LogP contribution in [0.1, 0.15) is 6.42 Å². The molecule has 66 valence electrons. The molecule has 0 saturated carbocycles. The first kappa shape index (κ1) is 9.03. The maximum atomic E-state index is 8.47. The van der Waals surface area contributed by atoms with Gasteiger partial charge in [0.1, 0.15) is 5.75 Å². The average Bonchev–Trinajstić information content (AvgIpc) is 2.14. The van der Waals surface area contributed by atoms with Crippen LogP contribution in [0.3, 0.4) is 0 Å². The minimum absolute atomic E-state index is 0.186. The molecule has 0 atom stereocenters. The Morgan fingerprint density at radius 3 is 2.67 bits per heavy atom. The van der Waals surface area contributed by atoms with Crippen molar-refractivity contribution in [1.82, 2.24) is 5.48 Å². The van der Waals surface area contributed by atoms with Gasteiger partial charge < -0.3 is 9.94 Å². The van der Waals surface area contributed by atoms with E-state index in [1.54, 1.807) is 0 Å². The van der Waals surface area contributed by atoms with Gasteiger partial charge in [-0.25, -0.2) is 0 Å². The van der Waals surface area contributed by atoms with Gasteiger partial charge in [-0.05, 0) is 18.6 Å². The second kappa shape index (κ2) is 5.57. The van der Waals surface area contributed by atoms with Crippen LogP contribution in [0.5, 0.6) is 5.75 Å². The molecule has 0 amide bonds. The molecule has 0 unspecified atom stereocenters. The van der Waals surface area contributed by atoms with Gasteiger partial charge in [0.15, 0.2) is 0 Å². The van der Waals surface area contributed by atoms with E-state index in [-0.39, 0.29) is 6.61 Å². The van der Waals surface area contributed by atoms with E-state index in [0.717, 1.165) is 5.75 Å². The van der Waals surface area contributed by atoms with Crippen LogP contribution in [-0.2, 0) is 0 Å². The zero-order chi connectivity index (χ0) is 8.65. The zero-order valence-electron chi connectivity index (χ0n) is 6.86. The number of nitrogens with one attached hydrogen (secondary N) is 1. The molecular weight excluding hydrogens is 154 g/mol. The smallest absolute Gasteiger partial charge is 0.147 e. The van der Waals surface area contributed by atoms with Gasteiger partial charge in [0, 0.05) is 13.2 Å². The van der Waals surface area contributed by atoms with Crippen molar-refractivity contribution in [2.75, 3.05) is 13.2 Å². The van der Waals surface area contributed by atoms with Gasteiger partial charge in [0.2, 0.25) is 0 Å². The van der Waals surface area contributed by atoms with Crippen LogP contribution >= 0.6 is 0 Å². The van der Waals surface area contributed by atoms with Gasteiger partial charge in [-0.1, -0.05) is 18.2 Å². The summed E-state index contributed by atoms with van der Waals surface area (Å²) in [5, 5.41) is 8.47. The van der Waals surface area contributed by atoms with E-state index < -0.39 is 0 Å². The monoisotopic (exact) mass is 167 g/mol. The first-order valence-corrected chi connectivity index (χ1v) is 3.99. The number of hydroxylamine groups is 1. The molecule has 2 N–H and O–H groups in total. The molecule has 0 aliphatic rings. The third-order valence-electron chi connectivity index (χ3n) is 1.37. The van der Waals surface area contributed by atoms with Crippen LogP contribution < -0.4 is 10.3 Å². The van der Waals surface area contributed by atoms with Crippen molar-refractivity contribution < 1.29 is 9.94 Å². The van der Waals surface area contributed by atoms with E-state index in [1.807, 2.05) is 30.3 Å². The summed E-state index contributed by atoms with van der Waals surface area (Å²) in [7, 11) is 0. The highest BCUT2D eigenvalue weighted by Gasteiger charge is 1.89. The van der Waals surface area contributed by atoms with Crippen molar-refractivity contribution in [2.24, 2.45) is 0 Å². The number of para-hydroxylation sites is 1. The third-order valence-corrected chi connectivity index (χ3v) is 1.37. The van der Waals surface area contributed by atoms with E-state index in [2.05, 4.69) is 5.48 Å². The van der Waals surface area contributed by atoms with Crippen LogP contribution in [0.2, 0.25) is 0 Å². The average molecular weight is 167 g/mol. The van der Waals surface area contributed by atoms with Crippen LogP contribution in [0.25, 0.3) is 0 Å². The van der Waals surface area contributed by atoms with Crippen LogP contribution in [0, 0.1) is 0 Å². The number of rotatable bonds is 5. The Bertz CT molecular complexity index is 201. The molecule has 0 heterocycles. The van der Waals surface area contributed by atoms with Crippen LogP contribution in [0.4, 0.5) is 0 Å². The first-order valence-electron chi connectivity index (χ1n) is 3.99. The molecule has 0 radical (unpaired) electrons. The molecule has 1 aromatic carbocycles. The van der Waals surface area contributed by atoms with Crippen molar-refractivity contribution in [2.45, 2.75) is 6.42 Å². The Hall–Kier alpha value is -1.06. The number of aliphatic hydroxyl groups excluding tert-OH is 1.